The van der Waals surface area contributed by atoms with Gasteiger partial charge in [-0.3, -0.25) is 4.79 Å². The first-order valence-corrected chi connectivity index (χ1v) is 6.73. The van der Waals surface area contributed by atoms with E-state index in [-0.39, 0.29) is 12.2 Å². The highest BCUT2D eigenvalue weighted by Crippen LogP contribution is 2.37. The second kappa shape index (κ2) is 4.85. The molecule has 0 radical (unpaired) electrons. The number of aromatic hydroxyl groups is 1. The molecule has 0 heterocycles. The van der Waals surface area contributed by atoms with Crippen LogP contribution in [0.5, 0.6) is 5.75 Å². The highest BCUT2D eigenvalue weighted by molar-refractivity contribution is 9.10. The van der Waals surface area contributed by atoms with Gasteiger partial charge in [-0.05, 0) is 35.0 Å². The van der Waals surface area contributed by atoms with E-state index < -0.39 is 11.4 Å². The van der Waals surface area contributed by atoms with Crippen LogP contribution in [0, 0.1) is 0 Å². The van der Waals surface area contributed by atoms with Gasteiger partial charge >= 0.3 is 5.97 Å². The Labute approximate surface area is 120 Å². The zero-order valence-corrected chi connectivity index (χ0v) is 12.4. The molecule has 2 aromatic rings. The van der Waals surface area contributed by atoms with E-state index in [0.29, 0.717) is 5.56 Å². The lowest BCUT2D eigenvalue weighted by atomic mass is 9.80. The van der Waals surface area contributed by atoms with Crippen LogP contribution in [0.4, 0.5) is 0 Å². The second-order valence-electron chi connectivity index (χ2n) is 5.32. The number of halogens is 1. The molecule has 0 aliphatic heterocycles. The van der Waals surface area contributed by atoms with E-state index in [0.717, 1.165) is 15.2 Å². The molecule has 3 nitrogen and oxygen atoms in total. The summed E-state index contributed by atoms with van der Waals surface area (Å²) in [7, 11) is 0. The second-order valence-corrected chi connectivity index (χ2v) is 6.23. The van der Waals surface area contributed by atoms with Crippen molar-refractivity contribution in [3.05, 3.63) is 40.4 Å². The number of phenolic OH excluding ortho intramolecular Hbond substituents is 1. The van der Waals surface area contributed by atoms with Gasteiger partial charge in [0.25, 0.3) is 0 Å². The Hall–Kier alpha value is -1.55. The van der Waals surface area contributed by atoms with Gasteiger partial charge in [0, 0.05) is 15.5 Å². The van der Waals surface area contributed by atoms with Gasteiger partial charge in [0.2, 0.25) is 0 Å². The quantitative estimate of drug-likeness (QED) is 0.895. The molecule has 0 saturated carbocycles. The first-order chi connectivity index (χ1) is 8.79. The van der Waals surface area contributed by atoms with E-state index in [1.807, 2.05) is 38.1 Å². The topological polar surface area (TPSA) is 57.5 Å². The van der Waals surface area contributed by atoms with Gasteiger partial charge in [-0.15, -0.1) is 0 Å². The SMILES string of the molecule is CC(C)(CC(=O)O)c1cc2cc(Br)ccc2cc1O. The molecule has 0 bridgehead atoms. The molecule has 2 N–H and O–H groups in total. The Bertz CT molecular complexity index is 647. The van der Waals surface area contributed by atoms with E-state index in [9.17, 15) is 9.90 Å². The Kier molecular flexibility index (Phi) is 3.54. The van der Waals surface area contributed by atoms with Gasteiger partial charge in [-0.1, -0.05) is 35.8 Å². The van der Waals surface area contributed by atoms with Crippen LogP contribution < -0.4 is 0 Å². The van der Waals surface area contributed by atoms with E-state index >= 15 is 0 Å². The average molecular weight is 323 g/mol. The molecule has 0 unspecified atom stereocenters. The van der Waals surface area contributed by atoms with Gasteiger partial charge in [0.15, 0.2) is 0 Å². The van der Waals surface area contributed by atoms with Crippen molar-refractivity contribution in [3.8, 4) is 5.75 Å². The van der Waals surface area contributed by atoms with Gasteiger partial charge < -0.3 is 10.2 Å². The number of carboxylic acids is 1. The van der Waals surface area contributed by atoms with Crippen molar-refractivity contribution in [2.24, 2.45) is 0 Å². The largest absolute Gasteiger partial charge is 0.508 e. The lowest BCUT2D eigenvalue weighted by Gasteiger charge is -2.24. The molecule has 19 heavy (non-hydrogen) atoms. The molecule has 0 fully saturated rings. The molecule has 0 atom stereocenters. The fourth-order valence-electron chi connectivity index (χ4n) is 2.27. The van der Waals surface area contributed by atoms with E-state index in [1.54, 1.807) is 6.07 Å². The summed E-state index contributed by atoms with van der Waals surface area (Å²) >= 11 is 3.41. The minimum absolute atomic E-state index is 0.0277. The van der Waals surface area contributed by atoms with Crippen molar-refractivity contribution in [2.45, 2.75) is 25.7 Å². The lowest BCUT2D eigenvalue weighted by molar-refractivity contribution is -0.138. The van der Waals surface area contributed by atoms with Gasteiger partial charge in [0.05, 0.1) is 6.42 Å². The smallest absolute Gasteiger partial charge is 0.304 e. The number of rotatable bonds is 3. The van der Waals surface area contributed by atoms with E-state index in [2.05, 4.69) is 15.9 Å². The van der Waals surface area contributed by atoms with E-state index in [1.165, 1.54) is 0 Å². The number of hydrogen-bond donors (Lipinski definition) is 2. The number of hydrogen-bond acceptors (Lipinski definition) is 2. The van der Waals surface area contributed by atoms with Crippen molar-refractivity contribution in [1.82, 2.24) is 0 Å². The molecular formula is C15H15BrO3. The summed E-state index contributed by atoms with van der Waals surface area (Å²) in [6.07, 6.45) is -0.0277. The number of phenols is 1. The Morgan fingerprint density at radius 2 is 1.89 bits per heavy atom. The maximum absolute atomic E-state index is 10.9. The number of benzene rings is 2. The minimum Gasteiger partial charge on any atom is -0.508 e. The fraction of sp³-hybridized carbons (Fsp3) is 0.267. The summed E-state index contributed by atoms with van der Waals surface area (Å²) in [4.78, 5) is 10.9. The summed E-state index contributed by atoms with van der Waals surface area (Å²) in [6, 6.07) is 9.31. The normalized spacial score (nSPS) is 11.7. The minimum atomic E-state index is -0.876. The number of carboxylic acid groups (broad SMARTS) is 1. The molecule has 4 heteroatoms. The van der Waals surface area contributed by atoms with Crippen LogP contribution in [-0.2, 0) is 10.2 Å². The third-order valence-electron chi connectivity index (χ3n) is 3.24. The Morgan fingerprint density at radius 3 is 2.53 bits per heavy atom. The summed E-state index contributed by atoms with van der Waals surface area (Å²) in [5.41, 5.74) is 0.0346. The van der Waals surface area contributed by atoms with E-state index in [4.69, 9.17) is 5.11 Å². The molecule has 0 aliphatic carbocycles. The van der Waals surface area contributed by atoms with Gasteiger partial charge in [-0.2, -0.15) is 0 Å². The average Bonchev–Trinajstić information content (AvgIpc) is 2.27. The molecule has 0 aliphatic rings. The third kappa shape index (κ3) is 2.89. The molecule has 0 aromatic heterocycles. The van der Waals surface area contributed by atoms with Crippen LogP contribution in [0.2, 0.25) is 0 Å². The third-order valence-corrected chi connectivity index (χ3v) is 3.73. The van der Waals surface area contributed by atoms with Crippen LogP contribution in [0.25, 0.3) is 10.8 Å². The van der Waals surface area contributed by atoms with Crippen LogP contribution in [0.3, 0.4) is 0 Å². The molecule has 0 spiro atoms. The van der Waals surface area contributed by atoms with Crippen LogP contribution in [0.15, 0.2) is 34.8 Å². The summed E-state index contributed by atoms with van der Waals surface area (Å²) < 4.78 is 0.952. The first kappa shape index (κ1) is 13.9. The van der Waals surface area contributed by atoms with Crippen molar-refractivity contribution in [1.29, 1.82) is 0 Å². The molecule has 100 valence electrons. The first-order valence-electron chi connectivity index (χ1n) is 5.94. The predicted molar refractivity (Wildman–Crippen MR) is 78.6 cm³/mol. The van der Waals surface area contributed by atoms with Crippen LogP contribution >= 0.6 is 15.9 Å². The fourth-order valence-corrected chi connectivity index (χ4v) is 2.65. The van der Waals surface area contributed by atoms with Crippen molar-refractivity contribution < 1.29 is 15.0 Å². The molecule has 2 rings (SSSR count). The highest BCUT2D eigenvalue weighted by atomic mass is 79.9. The zero-order chi connectivity index (χ0) is 14.2. The molecule has 0 amide bonds. The number of carbonyl (C=O) groups is 1. The zero-order valence-electron chi connectivity index (χ0n) is 10.8. The predicted octanol–water partition coefficient (Wildman–Crippen LogP) is 4.06. The standard InChI is InChI=1S/C15H15BrO3/c1-15(2,8-14(18)19)12-6-10-5-11(16)4-3-9(10)7-13(12)17/h3-7,17H,8H2,1-2H3,(H,18,19). The van der Waals surface area contributed by atoms with Gasteiger partial charge in [-0.25, -0.2) is 0 Å². The maximum Gasteiger partial charge on any atom is 0.304 e. The van der Waals surface area contributed by atoms with Crippen LogP contribution in [-0.4, -0.2) is 16.2 Å². The highest BCUT2D eigenvalue weighted by Gasteiger charge is 2.27. The molecule has 0 saturated heterocycles. The monoisotopic (exact) mass is 322 g/mol. The Balaban J connectivity index is 2.60. The number of aliphatic carboxylic acids is 1. The summed E-state index contributed by atoms with van der Waals surface area (Å²) in [5.74, 6) is -0.736. The maximum atomic E-state index is 10.9. The number of fused-ring (bicyclic) bond motifs is 1. The summed E-state index contributed by atoms with van der Waals surface area (Å²) in [6.45, 7) is 3.64. The Morgan fingerprint density at radius 1 is 1.21 bits per heavy atom. The van der Waals surface area contributed by atoms with Crippen molar-refractivity contribution >= 4 is 32.7 Å². The summed E-state index contributed by atoms with van der Waals surface area (Å²) in [5, 5.41) is 21.0. The van der Waals surface area contributed by atoms with Crippen molar-refractivity contribution in [3.63, 3.8) is 0 Å². The van der Waals surface area contributed by atoms with Gasteiger partial charge in [0.1, 0.15) is 5.75 Å². The molecular weight excluding hydrogens is 308 g/mol. The lowest BCUT2D eigenvalue weighted by Crippen LogP contribution is -2.21. The van der Waals surface area contributed by atoms with Crippen LogP contribution in [0.1, 0.15) is 25.8 Å². The molecule has 2 aromatic carbocycles. The van der Waals surface area contributed by atoms with Crippen molar-refractivity contribution in [2.75, 3.05) is 0 Å².